The molecule has 5 heteroatoms. The molecule has 92 valence electrons. The van der Waals surface area contributed by atoms with Crippen LogP contribution in [0.4, 0.5) is 18.9 Å². The van der Waals surface area contributed by atoms with E-state index >= 15 is 0 Å². The lowest BCUT2D eigenvalue weighted by atomic mass is 10.0. The zero-order valence-electron chi connectivity index (χ0n) is 9.08. The Kier molecular flexibility index (Phi) is 3.06. The molecule has 0 amide bonds. The van der Waals surface area contributed by atoms with Crippen LogP contribution in [0, 0.1) is 17.5 Å². The van der Waals surface area contributed by atoms with Crippen LogP contribution >= 0.6 is 0 Å². The summed E-state index contributed by atoms with van der Waals surface area (Å²) in [6.07, 6.45) is 0. The highest BCUT2D eigenvalue weighted by Gasteiger charge is 2.13. The van der Waals surface area contributed by atoms with Crippen molar-refractivity contribution < 1.29 is 18.0 Å². The summed E-state index contributed by atoms with van der Waals surface area (Å²) in [7, 11) is 0. The van der Waals surface area contributed by atoms with Crippen LogP contribution in [0.1, 0.15) is 15.9 Å². The average Bonchev–Trinajstić information content (AvgIpc) is 2.30. The summed E-state index contributed by atoms with van der Waals surface area (Å²) < 4.78 is 39.1. The molecule has 0 aromatic heterocycles. The van der Waals surface area contributed by atoms with E-state index in [1.165, 1.54) is 12.1 Å². The SMILES string of the molecule is Nc1ccc(C(=O)c2cc(F)cc(F)c2)cc1F. The van der Waals surface area contributed by atoms with Gasteiger partial charge in [0, 0.05) is 17.2 Å². The van der Waals surface area contributed by atoms with E-state index in [1.807, 2.05) is 0 Å². The van der Waals surface area contributed by atoms with Gasteiger partial charge in [0.05, 0.1) is 5.69 Å². The molecule has 0 atom stereocenters. The molecule has 0 saturated heterocycles. The van der Waals surface area contributed by atoms with Crippen molar-refractivity contribution in [2.24, 2.45) is 0 Å². The van der Waals surface area contributed by atoms with Crippen molar-refractivity contribution in [3.05, 3.63) is 65.0 Å². The molecule has 2 aromatic carbocycles. The zero-order chi connectivity index (χ0) is 13.3. The third kappa shape index (κ3) is 2.34. The minimum absolute atomic E-state index is 0.0216. The topological polar surface area (TPSA) is 43.1 Å². The molecule has 18 heavy (non-hydrogen) atoms. The number of carbonyl (C=O) groups excluding carboxylic acids is 1. The Morgan fingerprint density at radius 3 is 2.06 bits per heavy atom. The van der Waals surface area contributed by atoms with Crippen molar-refractivity contribution in [2.75, 3.05) is 5.73 Å². The van der Waals surface area contributed by atoms with Gasteiger partial charge in [-0.25, -0.2) is 13.2 Å². The molecule has 0 saturated carbocycles. The molecule has 0 fully saturated rings. The van der Waals surface area contributed by atoms with Crippen molar-refractivity contribution >= 4 is 11.5 Å². The van der Waals surface area contributed by atoms with Crippen LogP contribution in [0.2, 0.25) is 0 Å². The molecule has 0 bridgehead atoms. The number of nitrogen functional groups attached to an aromatic ring is 1. The molecule has 2 rings (SSSR count). The lowest BCUT2D eigenvalue weighted by Crippen LogP contribution is -2.04. The number of halogens is 3. The summed E-state index contributed by atoms with van der Waals surface area (Å²) in [4.78, 5) is 11.9. The minimum atomic E-state index is -0.866. The molecule has 0 heterocycles. The normalized spacial score (nSPS) is 10.4. The average molecular weight is 251 g/mol. The van der Waals surface area contributed by atoms with Crippen LogP contribution in [0.25, 0.3) is 0 Å². The van der Waals surface area contributed by atoms with E-state index in [0.717, 1.165) is 18.2 Å². The summed E-state index contributed by atoms with van der Waals surface area (Å²) in [5.41, 5.74) is 4.96. The first-order valence-corrected chi connectivity index (χ1v) is 5.03. The number of nitrogens with two attached hydrogens (primary N) is 1. The van der Waals surface area contributed by atoms with Gasteiger partial charge in [0.15, 0.2) is 5.78 Å². The van der Waals surface area contributed by atoms with Gasteiger partial charge in [-0.1, -0.05) is 0 Å². The fraction of sp³-hybridized carbons (Fsp3) is 0. The minimum Gasteiger partial charge on any atom is -0.396 e. The van der Waals surface area contributed by atoms with Crippen LogP contribution < -0.4 is 5.73 Å². The number of hydrogen-bond donors (Lipinski definition) is 1. The maximum atomic E-state index is 13.2. The van der Waals surface area contributed by atoms with Crippen LogP contribution in [-0.4, -0.2) is 5.78 Å². The second-order valence-electron chi connectivity index (χ2n) is 3.72. The van der Waals surface area contributed by atoms with Crippen molar-refractivity contribution in [2.45, 2.75) is 0 Å². The molecule has 0 spiro atoms. The highest BCUT2D eigenvalue weighted by molar-refractivity contribution is 6.09. The van der Waals surface area contributed by atoms with E-state index in [-0.39, 0.29) is 16.8 Å². The van der Waals surface area contributed by atoms with E-state index in [2.05, 4.69) is 0 Å². The van der Waals surface area contributed by atoms with Gasteiger partial charge >= 0.3 is 0 Å². The number of hydrogen-bond acceptors (Lipinski definition) is 2. The first-order valence-electron chi connectivity index (χ1n) is 5.03. The number of anilines is 1. The van der Waals surface area contributed by atoms with Crippen molar-refractivity contribution in [3.63, 3.8) is 0 Å². The molecule has 0 aliphatic carbocycles. The first-order chi connectivity index (χ1) is 8.47. The summed E-state index contributed by atoms with van der Waals surface area (Å²) in [5, 5.41) is 0. The maximum Gasteiger partial charge on any atom is 0.193 e. The zero-order valence-corrected chi connectivity index (χ0v) is 9.08. The lowest BCUT2D eigenvalue weighted by Gasteiger charge is -2.03. The Labute approximate surface area is 101 Å². The van der Waals surface area contributed by atoms with Gasteiger partial charge in [-0.2, -0.15) is 0 Å². The molecule has 2 aromatic rings. The third-order valence-electron chi connectivity index (χ3n) is 2.39. The van der Waals surface area contributed by atoms with E-state index in [4.69, 9.17) is 5.73 Å². The highest BCUT2D eigenvalue weighted by Crippen LogP contribution is 2.17. The van der Waals surface area contributed by atoms with Gasteiger partial charge in [-0.15, -0.1) is 0 Å². The number of benzene rings is 2. The number of carbonyl (C=O) groups is 1. The Morgan fingerprint density at radius 2 is 1.50 bits per heavy atom. The van der Waals surface area contributed by atoms with Gasteiger partial charge in [0.2, 0.25) is 0 Å². The Morgan fingerprint density at radius 1 is 0.889 bits per heavy atom. The first kappa shape index (κ1) is 12.2. The van der Waals surface area contributed by atoms with Gasteiger partial charge in [-0.3, -0.25) is 4.79 Å². The van der Waals surface area contributed by atoms with Crippen LogP contribution in [0.15, 0.2) is 36.4 Å². The van der Waals surface area contributed by atoms with Crippen molar-refractivity contribution in [3.8, 4) is 0 Å². The van der Waals surface area contributed by atoms with Gasteiger partial charge < -0.3 is 5.73 Å². The molecular formula is C13H8F3NO. The molecule has 0 unspecified atom stereocenters. The van der Waals surface area contributed by atoms with E-state index < -0.39 is 23.2 Å². The summed E-state index contributed by atoms with van der Waals surface area (Å²) in [5.74, 6) is -3.16. The quantitative estimate of drug-likeness (QED) is 0.658. The number of ketones is 1. The molecule has 2 nitrogen and oxygen atoms in total. The van der Waals surface area contributed by atoms with E-state index in [1.54, 1.807) is 0 Å². The molecule has 0 aliphatic rings. The largest absolute Gasteiger partial charge is 0.396 e. The second-order valence-corrected chi connectivity index (χ2v) is 3.72. The second kappa shape index (κ2) is 4.52. The fourth-order valence-corrected chi connectivity index (χ4v) is 1.52. The summed E-state index contributed by atoms with van der Waals surface area (Å²) in [6.45, 7) is 0. The van der Waals surface area contributed by atoms with Crippen LogP contribution in [0.5, 0.6) is 0 Å². The predicted octanol–water partition coefficient (Wildman–Crippen LogP) is 2.92. The predicted molar refractivity (Wildman–Crippen MR) is 60.6 cm³/mol. The monoisotopic (exact) mass is 251 g/mol. The Balaban J connectivity index is 2.44. The highest BCUT2D eigenvalue weighted by atomic mass is 19.1. The van der Waals surface area contributed by atoms with Crippen LogP contribution in [0.3, 0.4) is 0 Å². The molecule has 0 aliphatic heterocycles. The smallest absolute Gasteiger partial charge is 0.193 e. The lowest BCUT2D eigenvalue weighted by molar-refractivity contribution is 0.103. The van der Waals surface area contributed by atoms with Crippen molar-refractivity contribution in [1.82, 2.24) is 0 Å². The summed E-state index contributed by atoms with van der Waals surface area (Å²) in [6, 6.07) is 5.88. The summed E-state index contributed by atoms with van der Waals surface area (Å²) >= 11 is 0. The molecular weight excluding hydrogens is 243 g/mol. The fourth-order valence-electron chi connectivity index (χ4n) is 1.52. The van der Waals surface area contributed by atoms with Gasteiger partial charge in [0.25, 0.3) is 0 Å². The molecule has 0 radical (unpaired) electrons. The van der Waals surface area contributed by atoms with Gasteiger partial charge in [-0.05, 0) is 30.3 Å². The number of rotatable bonds is 2. The third-order valence-corrected chi connectivity index (χ3v) is 2.39. The Hall–Kier alpha value is -2.30. The maximum absolute atomic E-state index is 13.2. The van der Waals surface area contributed by atoms with Crippen molar-refractivity contribution in [1.29, 1.82) is 0 Å². The van der Waals surface area contributed by atoms with E-state index in [9.17, 15) is 18.0 Å². The van der Waals surface area contributed by atoms with E-state index in [0.29, 0.717) is 6.07 Å². The molecule has 2 N–H and O–H groups in total. The Bertz CT molecular complexity index is 605. The standard InChI is InChI=1S/C13H8F3NO/c14-9-3-8(4-10(15)6-9)13(18)7-1-2-12(17)11(16)5-7/h1-6H,17H2. The van der Waals surface area contributed by atoms with Crippen LogP contribution in [-0.2, 0) is 0 Å². The van der Waals surface area contributed by atoms with Gasteiger partial charge in [0.1, 0.15) is 17.5 Å².